The normalized spacial score (nSPS) is 15.7. The Morgan fingerprint density at radius 1 is 1.23 bits per heavy atom. The maximum absolute atomic E-state index is 12.7. The number of amides is 1. The zero-order valence-electron chi connectivity index (χ0n) is 17.2. The molecule has 1 saturated heterocycles. The maximum Gasteiger partial charge on any atom is 0.255 e. The molecule has 1 aromatic carbocycles. The second-order valence-electron chi connectivity index (χ2n) is 7.36. The first kappa shape index (κ1) is 21.0. The first-order chi connectivity index (χ1) is 15.3. The van der Waals surface area contributed by atoms with Crippen molar-refractivity contribution in [1.29, 1.82) is 0 Å². The van der Waals surface area contributed by atoms with Gasteiger partial charge in [0.05, 0.1) is 19.3 Å². The Kier molecular flexibility index (Phi) is 7.20. The minimum Gasteiger partial charge on any atom is -0.376 e. The van der Waals surface area contributed by atoms with Gasteiger partial charge in [0.25, 0.3) is 5.91 Å². The zero-order chi connectivity index (χ0) is 21.3. The number of anilines is 2. The summed E-state index contributed by atoms with van der Waals surface area (Å²) in [6.45, 7) is 3.25. The fourth-order valence-corrected chi connectivity index (χ4v) is 3.35. The third-order valence-electron chi connectivity index (χ3n) is 4.95. The van der Waals surface area contributed by atoms with Gasteiger partial charge in [-0.2, -0.15) is 0 Å². The summed E-state index contributed by atoms with van der Waals surface area (Å²) >= 11 is 0. The van der Waals surface area contributed by atoms with Crippen LogP contribution in [0.25, 0.3) is 0 Å². The van der Waals surface area contributed by atoms with Crippen molar-refractivity contribution in [3.8, 4) is 0 Å². The lowest BCUT2D eigenvalue weighted by molar-refractivity contribution is 0.0106. The molecule has 162 valence electrons. The van der Waals surface area contributed by atoms with Crippen LogP contribution >= 0.6 is 0 Å². The van der Waals surface area contributed by atoms with E-state index in [1.54, 1.807) is 31.0 Å². The summed E-state index contributed by atoms with van der Waals surface area (Å²) in [7, 11) is 0. The Bertz CT molecular complexity index is 973. The average Bonchev–Trinajstić information content (AvgIpc) is 3.49. The lowest BCUT2D eigenvalue weighted by Crippen LogP contribution is -2.15. The van der Waals surface area contributed by atoms with Crippen molar-refractivity contribution >= 4 is 17.4 Å². The molecule has 0 spiro atoms. The number of hydrogen-bond donors (Lipinski definition) is 2. The molecule has 0 saturated carbocycles. The molecule has 4 rings (SSSR count). The van der Waals surface area contributed by atoms with E-state index in [1.165, 1.54) is 0 Å². The van der Waals surface area contributed by atoms with Crippen molar-refractivity contribution in [2.75, 3.05) is 30.4 Å². The second-order valence-corrected chi connectivity index (χ2v) is 7.36. The number of carbonyl (C=O) groups is 1. The van der Waals surface area contributed by atoms with Gasteiger partial charge in [0.15, 0.2) is 0 Å². The van der Waals surface area contributed by atoms with Gasteiger partial charge >= 0.3 is 0 Å². The summed E-state index contributed by atoms with van der Waals surface area (Å²) in [5.41, 5.74) is 2.26. The van der Waals surface area contributed by atoms with Gasteiger partial charge in [-0.1, -0.05) is 12.1 Å². The molecular formula is C22H26N6O3. The van der Waals surface area contributed by atoms with Crippen molar-refractivity contribution in [3.63, 3.8) is 0 Å². The van der Waals surface area contributed by atoms with Gasteiger partial charge in [-0.15, -0.1) is 10.2 Å². The van der Waals surface area contributed by atoms with Crippen molar-refractivity contribution in [1.82, 2.24) is 19.7 Å². The van der Waals surface area contributed by atoms with Gasteiger partial charge in [-0.05, 0) is 42.7 Å². The lowest BCUT2D eigenvalue weighted by atomic mass is 10.2. The van der Waals surface area contributed by atoms with Crippen LogP contribution in [0, 0.1) is 0 Å². The molecule has 0 radical (unpaired) electrons. The molecule has 1 aliphatic heterocycles. The highest BCUT2D eigenvalue weighted by atomic mass is 16.5. The van der Waals surface area contributed by atoms with Crippen LogP contribution in [0.2, 0.25) is 0 Å². The van der Waals surface area contributed by atoms with Crippen LogP contribution in [0.15, 0.2) is 55.2 Å². The quantitative estimate of drug-likeness (QED) is 0.518. The fourth-order valence-electron chi connectivity index (χ4n) is 3.35. The van der Waals surface area contributed by atoms with Gasteiger partial charge < -0.3 is 24.7 Å². The standard InChI is InChI=1S/C22H26N6O3/c29-22(18-6-7-23-21(12-18)24-8-9-28-15-25-26-16-28)27-19-4-1-3-17(11-19)13-30-14-20-5-2-10-31-20/h1,3-4,6-7,11-12,15-16,20H,2,5,8-10,13-14H2,(H,23,24)(H,27,29). The zero-order valence-corrected chi connectivity index (χ0v) is 17.2. The van der Waals surface area contributed by atoms with Crippen molar-refractivity contribution < 1.29 is 14.3 Å². The van der Waals surface area contributed by atoms with Gasteiger partial charge in [-0.3, -0.25) is 4.79 Å². The first-order valence-corrected chi connectivity index (χ1v) is 10.4. The van der Waals surface area contributed by atoms with Gasteiger partial charge in [0, 0.05) is 37.1 Å². The maximum atomic E-state index is 12.7. The molecule has 0 bridgehead atoms. The summed E-state index contributed by atoms with van der Waals surface area (Å²) in [5, 5.41) is 13.7. The molecular weight excluding hydrogens is 396 g/mol. The number of nitrogens with one attached hydrogen (secondary N) is 2. The molecule has 1 fully saturated rings. The highest BCUT2D eigenvalue weighted by Crippen LogP contribution is 2.16. The van der Waals surface area contributed by atoms with E-state index in [0.29, 0.717) is 37.7 Å². The van der Waals surface area contributed by atoms with Crippen molar-refractivity contribution in [3.05, 3.63) is 66.4 Å². The highest BCUT2D eigenvalue weighted by Gasteiger charge is 2.15. The predicted octanol–water partition coefficient (Wildman–Crippen LogP) is 2.73. The topological polar surface area (TPSA) is 103 Å². The summed E-state index contributed by atoms with van der Waals surface area (Å²) < 4.78 is 13.2. The number of ether oxygens (including phenoxy) is 2. The molecule has 9 heteroatoms. The smallest absolute Gasteiger partial charge is 0.255 e. The van der Waals surface area contributed by atoms with Crippen molar-refractivity contribution in [2.45, 2.75) is 32.1 Å². The van der Waals surface area contributed by atoms with Crippen LogP contribution < -0.4 is 10.6 Å². The molecule has 9 nitrogen and oxygen atoms in total. The molecule has 3 aromatic rings. The molecule has 1 unspecified atom stereocenters. The van der Waals surface area contributed by atoms with Crippen LogP contribution in [0.3, 0.4) is 0 Å². The van der Waals surface area contributed by atoms with E-state index < -0.39 is 0 Å². The molecule has 2 N–H and O–H groups in total. The summed E-state index contributed by atoms with van der Waals surface area (Å²) in [6.07, 6.45) is 7.28. The third-order valence-corrected chi connectivity index (χ3v) is 4.95. The van der Waals surface area contributed by atoms with Gasteiger partial charge in [0.2, 0.25) is 0 Å². The number of carbonyl (C=O) groups excluding carboxylic acids is 1. The Balaban J connectivity index is 1.28. The molecule has 3 heterocycles. The van der Waals surface area contributed by atoms with E-state index in [2.05, 4.69) is 25.8 Å². The minimum absolute atomic E-state index is 0.193. The number of nitrogens with zero attached hydrogens (tertiary/aromatic N) is 4. The molecule has 0 aliphatic carbocycles. The third kappa shape index (κ3) is 6.34. The SMILES string of the molecule is O=C(Nc1cccc(COCC2CCCO2)c1)c1ccnc(NCCn2cnnc2)c1. The lowest BCUT2D eigenvalue weighted by Gasteiger charge is -2.11. The van der Waals surface area contributed by atoms with Gasteiger partial charge in [0.1, 0.15) is 18.5 Å². The fraction of sp³-hybridized carbons (Fsp3) is 0.364. The van der Waals surface area contributed by atoms with Gasteiger partial charge in [-0.25, -0.2) is 4.98 Å². The average molecular weight is 422 g/mol. The number of hydrogen-bond acceptors (Lipinski definition) is 7. The van der Waals surface area contributed by atoms with Crippen LogP contribution in [0.1, 0.15) is 28.8 Å². The predicted molar refractivity (Wildman–Crippen MR) is 116 cm³/mol. The minimum atomic E-state index is -0.193. The molecule has 1 aliphatic rings. The first-order valence-electron chi connectivity index (χ1n) is 10.4. The Morgan fingerprint density at radius 3 is 2.97 bits per heavy atom. The van der Waals surface area contributed by atoms with Crippen LogP contribution in [0.5, 0.6) is 0 Å². The summed E-state index contributed by atoms with van der Waals surface area (Å²) in [5.74, 6) is 0.443. The Morgan fingerprint density at radius 2 is 2.13 bits per heavy atom. The second kappa shape index (κ2) is 10.6. The van der Waals surface area contributed by atoms with Crippen molar-refractivity contribution in [2.24, 2.45) is 0 Å². The molecule has 1 amide bonds. The monoisotopic (exact) mass is 422 g/mol. The number of rotatable bonds is 10. The molecule has 2 aromatic heterocycles. The summed E-state index contributed by atoms with van der Waals surface area (Å²) in [4.78, 5) is 17.0. The molecule has 31 heavy (non-hydrogen) atoms. The van der Waals surface area contributed by atoms with E-state index in [4.69, 9.17) is 9.47 Å². The van der Waals surface area contributed by atoms with Crippen LogP contribution in [-0.2, 0) is 22.6 Å². The molecule has 1 atom stereocenters. The van der Waals surface area contributed by atoms with E-state index in [-0.39, 0.29) is 12.0 Å². The van der Waals surface area contributed by atoms with E-state index in [9.17, 15) is 4.79 Å². The van der Waals surface area contributed by atoms with E-state index in [0.717, 1.165) is 30.7 Å². The Hall–Kier alpha value is -3.30. The number of benzene rings is 1. The highest BCUT2D eigenvalue weighted by molar-refractivity contribution is 6.04. The number of aromatic nitrogens is 4. The van der Waals surface area contributed by atoms with Crippen LogP contribution in [-0.4, -0.2) is 51.5 Å². The number of pyridine rings is 1. The van der Waals surface area contributed by atoms with E-state index >= 15 is 0 Å². The summed E-state index contributed by atoms with van der Waals surface area (Å²) in [6, 6.07) is 11.1. The van der Waals surface area contributed by atoms with E-state index in [1.807, 2.05) is 28.8 Å². The Labute approximate surface area is 180 Å². The largest absolute Gasteiger partial charge is 0.376 e. The van der Waals surface area contributed by atoms with Crippen LogP contribution in [0.4, 0.5) is 11.5 Å².